The third-order valence-electron chi connectivity index (χ3n) is 1.30. The van der Waals surface area contributed by atoms with Crippen LogP contribution in [0.25, 0.3) is 0 Å². The predicted molar refractivity (Wildman–Crippen MR) is 28.3 cm³/mol. The first-order valence-corrected chi connectivity index (χ1v) is 2.62. The summed E-state index contributed by atoms with van der Waals surface area (Å²) in [6.45, 7) is 0. The average Bonchev–Trinajstić information content (AvgIpc) is 2.41. The zero-order valence-electron chi connectivity index (χ0n) is 4.79. The number of esters is 2. The summed E-state index contributed by atoms with van der Waals surface area (Å²) in [6.07, 6.45) is 2.20. The van der Waals surface area contributed by atoms with E-state index in [1.807, 2.05) is 0 Å². The van der Waals surface area contributed by atoms with Gasteiger partial charge in [-0.1, -0.05) is 0 Å². The van der Waals surface area contributed by atoms with E-state index in [2.05, 4.69) is 9.47 Å². The highest BCUT2D eigenvalue weighted by Gasteiger charge is 2.34. The van der Waals surface area contributed by atoms with E-state index in [0.717, 1.165) is 12.5 Å². The van der Waals surface area contributed by atoms with E-state index < -0.39 is 11.9 Å². The van der Waals surface area contributed by atoms with E-state index in [1.54, 1.807) is 0 Å². The van der Waals surface area contributed by atoms with E-state index in [0.29, 0.717) is 0 Å². The van der Waals surface area contributed by atoms with Crippen LogP contribution in [0.2, 0.25) is 0 Å². The van der Waals surface area contributed by atoms with Crippen molar-refractivity contribution >= 4 is 11.9 Å². The van der Waals surface area contributed by atoms with Gasteiger partial charge in [0.15, 0.2) is 0 Å². The van der Waals surface area contributed by atoms with Crippen molar-refractivity contribution in [3.05, 3.63) is 23.7 Å². The second-order valence-corrected chi connectivity index (χ2v) is 1.87. The normalized spacial score (nSPS) is 21.2. The highest BCUT2D eigenvalue weighted by molar-refractivity contribution is 6.11. The minimum absolute atomic E-state index is 0.213. The minimum Gasteiger partial charge on any atom is -0.430 e. The number of carbonyl (C=O) groups is 2. The third-order valence-corrected chi connectivity index (χ3v) is 1.30. The van der Waals surface area contributed by atoms with Crippen LogP contribution in [-0.2, 0) is 19.1 Å². The fraction of sp³-hybridized carbons (Fsp3) is 0. The number of rotatable bonds is 0. The molecule has 10 heavy (non-hydrogen) atoms. The number of fused-ring (bicyclic) bond motifs is 1. The maximum Gasteiger partial charge on any atom is 0.347 e. The SMILES string of the molecule is O=C1OC=C2C(=O)OC=C12. The van der Waals surface area contributed by atoms with Gasteiger partial charge < -0.3 is 9.47 Å². The van der Waals surface area contributed by atoms with Crippen LogP contribution in [0.3, 0.4) is 0 Å². The van der Waals surface area contributed by atoms with E-state index in [1.165, 1.54) is 0 Å². The fourth-order valence-electron chi connectivity index (χ4n) is 0.795. The number of hydrogen-bond donors (Lipinski definition) is 0. The van der Waals surface area contributed by atoms with Crippen LogP contribution in [0, 0.1) is 0 Å². The molecule has 0 unspecified atom stereocenters. The zero-order chi connectivity index (χ0) is 7.14. The molecule has 0 spiro atoms. The number of carbonyl (C=O) groups excluding carboxylic acids is 2. The molecule has 0 aromatic rings. The molecule has 0 saturated carbocycles. The Bertz CT molecular complexity index is 254. The first-order valence-electron chi connectivity index (χ1n) is 2.62. The van der Waals surface area contributed by atoms with Crippen molar-refractivity contribution in [1.82, 2.24) is 0 Å². The Morgan fingerprint density at radius 2 is 1.30 bits per heavy atom. The molecule has 0 saturated heterocycles. The number of hydrogen-bond acceptors (Lipinski definition) is 4. The molecule has 0 aromatic carbocycles. The van der Waals surface area contributed by atoms with Gasteiger partial charge in [-0.15, -0.1) is 0 Å². The molecule has 2 aliphatic rings. The first kappa shape index (κ1) is 5.22. The second kappa shape index (κ2) is 1.47. The van der Waals surface area contributed by atoms with Gasteiger partial charge in [-0.25, -0.2) is 9.59 Å². The fourth-order valence-corrected chi connectivity index (χ4v) is 0.795. The molecule has 0 amide bonds. The maximum atomic E-state index is 10.6. The van der Waals surface area contributed by atoms with Gasteiger partial charge in [0.1, 0.15) is 23.7 Å². The lowest BCUT2D eigenvalue weighted by molar-refractivity contribution is -0.132. The molecule has 0 fully saturated rings. The molecular weight excluding hydrogens is 136 g/mol. The third kappa shape index (κ3) is 0.452. The monoisotopic (exact) mass is 138 g/mol. The highest BCUT2D eigenvalue weighted by atomic mass is 16.6. The van der Waals surface area contributed by atoms with E-state index in [4.69, 9.17) is 0 Å². The number of cyclic esters (lactones) is 2. The van der Waals surface area contributed by atoms with Crippen molar-refractivity contribution in [1.29, 1.82) is 0 Å². The molecule has 2 heterocycles. The number of ether oxygens (including phenoxy) is 2. The van der Waals surface area contributed by atoms with Crippen LogP contribution in [0.1, 0.15) is 0 Å². The van der Waals surface area contributed by atoms with Crippen LogP contribution in [-0.4, -0.2) is 11.9 Å². The molecule has 0 radical (unpaired) electrons. The van der Waals surface area contributed by atoms with Gasteiger partial charge in [0.2, 0.25) is 0 Å². The van der Waals surface area contributed by atoms with Gasteiger partial charge in [-0.3, -0.25) is 0 Å². The Kier molecular flexibility index (Phi) is 0.768. The zero-order valence-corrected chi connectivity index (χ0v) is 4.79. The van der Waals surface area contributed by atoms with Crippen molar-refractivity contribution in [2.45, 2.75) is 0 Å². The van der Waals surface area contributed by atoms with Crippen molar-refractivity contribution < 1.29 is 19.1 Å². The Hall–Kier alpha value is -1.58. The van der Waals surface area contributed by atoms with Crippen molar-refractivity contribution in [2.24, 2.45) is 0 Å². The molecular formula is C6H2O4. The van der Waals surface area contributed by atoms with Crippen LogP contribution in [0.4, 0.5) is 0 Å². The molecule has 50 valence electrons. The molecule has 0 N–H and O–H groups in total. The first-order chi connectivity index (χ1) is 4.79. The average molecular weight is 138 g/mol. The molecule has 4 nitrogen and oxygen atoms in total. The van der Waals surface area contributed by atoms with Gasteiger partial charge in [0, 0.05) is 0 Å². The van der Waals surface area contributed by atoms with E-state index >= 15 is 0 Å². The van der Waals surface area contributed by atoms with E-state index in [9.17, 15) is 9.59 Å². The summed E-state index contributed by atoms with van der Waals surface area (Å²) in [5.74, 6) is -1.05. The Morgan fingerprint density at radius 3 is 1.70 bits per heavy atom. The largest absolute Gasteiger partial charge is 0.430 e. The van der Waals surface area contributed by atoms with Crippen LogP contribution in [0.5, 0.6) is 0 Å². The molecule has 2 rings (SSSR count). The van der Waals surface area contributed by atoms with Crippen LogP contribution in [0.15, 0.2) is 23.7 Å². The topological polar surface area (TPSA) is 52.6 Å². The van der Waals surface area contributed by atoms with Crippen LogP contribution < -0.4 is 0 Å². The van der Waals surface area contributed by atoms with Gasteiger partial charge in [-0.05, 0) is 0 Å². The van der Waals surface area contributed by atoms with Gasteiger partial charge in [-0.2, -0.15) is 0 Å². The highest BCUT2D eigenvalue weighted by Crippen LogP contribution is 2.25. The molecule has 0 aliphatic carbocycles. The van der Waals surface area contributed by atoms with Gasteiger partial charge >= 0.3 is 11.9 Å². The summed E-state index contributed by atoms with van der Waals surface area (Å²) in [5, 5.41) is 0. The summed E-state index contributed by atoms with van der Waals surface area (Å²) < 4.78 is 8.84. The standard InChI is InChI=1S/C6H2O4/c7-5-3-1-9-6(8)4(3)2-10-5/h1-2H. The summed E-state index contributed by atoms with van der Waals surface area (Å²) in [5.41, 5.74) is 0.426. The Balaban J connectivity index is 2.50. The Morgan fingerprint density at radius 1 is 0.900 bits per heavy atom. The summed E-state index contributed by atoms with van der Waals surface area (Å²) in [6, 6.07) is 0. The molecule has 0 bridgehead atoms. The molecule has 2 aliphatic heterocycles. The lowest BCUT2D eigenvalue weighted by atomic mass is 10.2. The quantitative estimate of drug-likeness (QED) is 0.437. The molecule has 4 heteroatoms. The smallest absolute Gasteiger partial charge is 0.347 e. The summed E-state index contributed by atoms with van der Waals surface area (Å²) in [7, 11) is 0. The summed E-state index contributed by atoms with van der Waals surface area (Å²) in [4.78, 5) is 21.3. The minimum atomic E-state index is -0.527. The van der Waals surface area contributed by atoms with Gasteiger partial charge in [0.05, 0.1) is 0 Å². The second-order valence-electron chi connectivity index (χ2n) is 1.87. The van der Waals surface area contributed by atoms with Crippen molar-refractivity contribution in [3.63, 3.8) is 0 Å². The van der Waals surface area contributed by atoms with E-state index in [-0.39, 0.29) is 11.1 Å². The molecule has 0 atom stereocenters. The van der Waals surface area contributed by atoms with Crippen LogP contribution >= 0.6 is 0 Å². The predicted octanol–water partition coefficient (Wildman–Crippen LogP) is -0.132. The lowest BCUT2D eigenvalue weighted by Crippen LogP contribution is -1.97. The van der Waals surface area contributed by atoms with Crippen molar-refractivity contribution in [2.75, 3.05) is 0 Å². The molecule has 0 aromatic heterocycles. The summed E-state index contributed by atoms with van der Waals surface area (Å²) >= 11 is 0. The maximum absolute atomic E-state index is 10.6. The van der Waals surface area contributed by atoms with Crippen molar-refractivity contribution in [3.8, 4) is 0 Å². The lowest BCUT2D eigenvalue weighted by Gasteiger charge is -1.84. The Labute approximate surface area is 55.7 Å². The van der Waals surface area contributed by atoms with Gasteiger partial charge in [0.25, 0.3) is 0 Å².